The molecular weight excluding hydrogens is 526 g/mol. The van der Waals surface area contributed by atoms with E-state index in [1.165, 1.54) is 35.1 Å². The number of fused-ring (bicyclic) bond motifs is 1. The molecule has 3 aromatic rings. The average Bonchev–Trinajstić information content (AvgIpc) is 3.74. The molecule has 3 aliphatic rings. The molecule has 0 radical (unpaired) electrons. The van der Waals surface area contributed by atoms with Gasteiger partial charge in [0.1, 0.15) is 11.6 Å². The molecule has 0 saturated carbocycles. The zero-order valence-corrected chi connectivity index (χ0v) is 25.8. The molecule has 1 amide bonds. The van der Waals surface area contributed by atoms with E-state index in [-0.39, 0.29) is 28.9 Å². The van der Waals surface area contributed by atoms with Crippen molar-refractivity contribution in [2.24, 2.45) is 0 Å². The number of furan rings is 1. The van der Waals surface area contributed by atoms with Gasteiger partial charge in [-0.3, -0.25) is 4.79 Å². The molecule has 8 heteroatoms. The lowest BCUT2D eigenvalue weighted by Gasteiger charge is -2.42. The summed E-state index contributed by atoms with van der Waals surface area (Å²) < 4.78 is 11.8. The third-order valence-corrected chi connectivity index (χ3v) is 9.54. The number of likely N-dealkylation sites (tertiary alicyclic amines) is 1. The monoisotopic (exact) mass is 571 g/mol. The summed E-state index contributed by atoms with van der Waals surface area (Å²) >= 11 is 0. The van der Waals surface area contributed by atoms with Crippen molar-refractivity contribution in [1.29, 1.82) is 0 Å². The van der Waals surface area contributed by atoms with Crippen molar-refractivity contribution >= 4 is 17.7 Å². The van der Waals surface area contributed by atoms with Crippen LogP contribution >= 0.6 is 0 Å². The van der Waals surface area contributed by atoms with Gasteiger partial charge in [-0.25, -0.2) is 4.98 Å². The van der Waals surface area contributed by atoms with E-state index in [1.54, 1.807) is 6.20 Å². The normalized spacial score (nSPS) is 22.6. The summed E-state index contributed by atoms with van der Waals surface area (Å²) in [6.07, 6.45) is 8.08. The number of aromatic nitrogens is 2. The molecule has 42 heavy (non-hydrogen) atoms. The number of hydrogen-bond acceptors (Lipinski definition) is 7. The van der Waals surface area contributed by atoms with Crippen LogP contribution < -0.4 is 10.6 Å². The fourth-order valence-corrected chi connectivity index (χ4v) is 6.70. The van der Waals surface area contributed by atoms with Crippen LogP contribution in [-0.4, -0.2) is 59.2 Å². The number of benzene rings is 1. The van der Waals surface area contributed by atoms with Gasteiger partial charge in [-0.15, -0.1) is 0 Å². The summed E-state index contributed by atoms with van der Waals surface area (Å²) in [7, 11) is 0. The van der Waals surface area contributed by atoms with Gasteiger partial charge in [0.25, 0.3) is 5.91 Å². The average molecular weight is 572 g/mol. The Hall–Kier alpha value is -3.39. The molecule has 2 N–H and O–H groups in total. The number of hydrogen-bond donors (Lipinski definition) is 2. The Morgan fingerprint density at radius 1 is 1.07 bits per heavy atom. The highest BCUT2D eigenvalue weighted by atomic mass is 16.5. The second-order valence-corrected chi connectivity index (χ2v) is 13.7. The summed E-state index contributed by atoms with van der Waals surface area (Å²) in [5, 5.41) is 6.76. The highest BCUT2D eigenvalue weighted by Gasteiger charge is 2.37. The second kappa shape index (κ2) is 11.4. The minimum Gasteiger partial charge on any atom is -0.456 e. The lowest BCUT2D eigenvalue weighted by Crippen LogP contribution is -2.34. The number of ether oxygens (including phenoxy) is 1. The molecular formula is C34H45N5O3. The second-order valence-electron chi connectivity index (χ2n) is 13.7. The summed E-state index contributed by atoms with van der Waals surface area (Å²) in [6.45, 7) is 14.4. The standard InChI is InChI=1S/C34H45N5O3/c1-22-17-27-28(34(4,5)13-12-33(27,2)3)19-23(22)18-25-8-9-29(42-25)31(40)39-15-11-24(21-39)37-30-10-14-35-32(38-30)36-20-26-7-6-16-41-26/h8-10,14,17,19,24,26H,6-7,11-13,15-16,18,20-21H2,1-5H3,(H2,35,36,37,38). The van der Waals surface area contributed by atoms with Crippen LogP contribution in [0.2, 0.25) is 0 Å². The van der Waals surface area contributed by atoms with E-state index in [9.17, 15) is 4.79 Å². The van der Waals surface area contributed by atoms with E-state index in [4.69, 9.17) is 9.15 Å². The molecule has 1 aliphatic carbocycles. The van der Waals surface area contributed by atoms with Gasteiger partial charge >= 0.3 is 0 Å². The van der Waals surface area contributed by atoms with Gasteiger partial charge in [0.05, 0.1) is 6.10 Å². The van der Waals surface area contributed by atoms with E-state index in [1.807, 2.05) is 23.1 Å². The number of amides is 1. The van der Waals surface area contributed by atoms with Crippen molar-refractivity contribution < 1.29 is 13.9 Å². The lowest BCUT2D eigenvalue weighted by atomic mass is 9.62. The number of nitrogens with zero attached hydrogens (tertiary/aromatic N) is 3. The summed E-state index contributed by atoms with van der Waals surface area (Å²) in [5.74, 6) is 2.52. The van der Waals surface area contributed by atoms with Crippen LogP contribution in [0.5, 0.6) is 0 Å². The van der Waals surface area contributed by atoms with Gasteiger partial charge in [-0.2, -0.15) is 4.98 Å². The minimum absolute atomic E-state index is 0.0581. The third-order valence-electron chi connectivity index (χ3n) is 9.54. The SMILES string of the molecule is Cc1cc2c(cc1Cc1ccc(C(=O)N3CCC(Nc4ccnc(NCC5CCCO5)n4)C3)o1)C(C)(C)CCC2(C)C. The molecule has 2 aromatic heterocycles. The maximum Gasteiger partial charge on any atom is 0.289 e. The molecule has 1 aromatic carbocycles. The molecule has 2 fully saturated rings. The Labute approximate surface area is 249 Å². The Morgan fingerprint density at radius 3 is 2.62 bits per heavy atom. The smallest absolute Gasteiger partial charge is 0.289 e. The van der Waals surface area contributed by atoms with E-state index in [0.717, 1.165) is 37.4 Å². The summed E-state index contributed by atoms with van der Waals surface area (Å²) in [4.78, 5) is 24.2. The molecule has 0 bridgehead atoms. The van der Waals surface area contributed by atoms with Gasteiger partial charge in [-0.1, -0.05) is 39.8 Å². The maximum absolute atomic E-state index is 13.3. The first-order chi connectivity index (χ1) is 20.1. The predicted molar refractivity (Wildman–Crippen MR) is 165 cm³/mol. The van der Waals surface area contributed by atoms with Crippen LogP contribution in [-0.2, 0) is 22.0 Å². The minimum atomic E-state index is -0.0581. The molecule has 0 spiro atoms. The Kier molecular flexibility index (Phi) is 7.77. The van der Waals surface area contributed by atoms with Crippen LogP contribution in [0.1, 0.15) is 98.4 Å². The predicted octanol–water partition coefficient (Wildman–Crippen LogP) is 6.24. The molecule has 224 valence electrons. The Balaban J connectivity index is 1.07. The van der Waals surface area contributed by atoms with Crippen molar-refractivity contribution in [2.45, 2.75) is 96.1 Å². The number of carbonyl (C=O) groups is 1. The van der Waals surface area contributed by atoms with Gasteiger partial charge in [0.15, 0.2) is 5.76 Å². The van der Waals surface area contributed by atoms with Crippen molar-refractivity contribution in [3.05, 3.63) is 70.3 Å². The van der Waals surface area contributed by atoms with Crippen molar-refractivity contribution in [3.63, 3.8) is 0 Å². The molecule has 2 saturated heterocycles. The molecule has 4 heterocycles. The topological polar surface area (TPSA) is 92.5 Å². The van der Waals surface area contributed by atoms with Gasteiger partial charge in [0, 0.05) is 44.9 Å². The maximum atomic E-state index is 13.3. The van der Waals surface area contributed by atoms with Crippen LogP contribution in [0.3, 0.4) is 0 Å². The van der Waals surface area contributed by atoms with Gasteiger partial charge in [0.2, 0.25) is 5.95 Å². The number of nitrogens with one attached hydrogen (secondary N) is 2. The lowest BCUT2D eigenvalue weighted by molar-refractivity contribution is 0.0758. The van der Waals surface area contributed by atoms with Crippen LogP contribution in [0.4, 0.5) is 11.8 Å². The molecule has 2 unspecified atom stereocenters. The molecule has 6 rings (SSSR count). The molecule has 2 atom stereocenters. The summed E-state index contributed by atoms with van der Waals surface area (Å²) in [6, 6.07) is 10.6. The van der Waals surface area contributed by atoms with E-state index in [0.29, 0.717) is 37.8 Å². The number of aryl methyl sites for hydroxylation is 1. The van der Waals surface area contributed by atoms with Crippen molar-refractivity contribution in [3.8, 4) is 0 Å². The highest BCUT2D eigenvalue weighted by molar-refractivity contribution is 5.91. The van der Waals surface area contributed by atoms with Crippen LogP contribution in [0.25, 0.3) is 0 Å². The first-order valence-corrected chi connectivity index (χ1v) is 15.5. The fourth-order valence-electron chi connectivity index (χ4n) is 6.70. The highest BCUT2D eigenvalue weighted by Crippen LogP contribution is 2.46. The summed E-state index contributed by atoms with van der Waals surface area (Å²) in [5.41, 5.74) is 5.83. The van der Waals surface area contributed by atoms with Crippen molar-refractivity contribution in [2.75, 3.05) is 36.9 Å². The Bertz CT molecular complexity index is 1440. The zero-order valence-electron chi connectivity index (χ0n) is 25.8. The molecule has 8 nitrogen and oxygen atoms in total. The zero-order chi connectivity index (χ0) is 29.5. The van der Waals surface area contributed by atoms with Crippen LogP contribution in [0, 0.1) is 6.92 Å². The van der Waals surface area contributed by atoms with E-state index in [2.05, 4.69) is 67.4 Å². The third kappa shape index (κ3) is 6.05. The van der Waals surface area contributed by atoms with E-state index >= 15 is 0 Å². The van der Waals surface area contributed by atoms with Gasteiger partial charge < -0.3 is 24.7 Å². The fraction of sp³-hybridized carbons (Fsp3) is 0.559. The Morgan fingerprint density at radius 2 is 1.86 bits per heavy atom. The number of carbonyl (C=O) groups excluding carboxylic acids is 1. The molecule has 2 aliphatic heterocycles. The first-order valence-electron chi connectivity index (χ1n) is 15.5. The van der Waals surface area contributed by atoms with Crippen molar-refractivity contribution in [1.82, 2.24) is 14.9 Å². The largest absolute Gasteiger partial charge is 0.456 e. The number of rotatable bonds is 8. The quantitative estimate of drug-likeness (QED) is 0.331. The number of anilines is 2. The van der Waals surface area contributed by atoms with E-state index < -0.39 is 0 Å². The van der Waals surface area contributed by atoms with Gasteiger partial charge in [-0.05, 0) is 90.3 Å². The first kappa shape index (κ1) is 28.7. The van der Waals surface area contributed by atoms with Crippen LogP contribution in [0.15, 0.2) is 40.9 Å².